The van der Waals surface area contributed by atoms with Crippen LogP contribution < -0.4 is 0 Å². The van der Waals surface area contributed by atoms with Crippen LogP contribution in [0.25, 0.3) is 0 Å². The third-order valence-electron chi connectivity index (χ3n) is 3.91. The van der Waals surface area contributed by atoms with Crippen molar-refractivity contribution < 1.29 is 13.6 Å². The van der Waals surface area contributed by atoms with Crippen LogP contribution in [0, 0.1) is 17.6 Å². The number of carbonyl (C=O) groups is 1. The molecule has 2 rings (SSSR count). The van der Waals surface area contributed by atoms with Gasteiger partial charge in [-0.1, -0.05) is 6.92 Å². The fraction of sp³-hybridized carbons (Fsp3) is 0.533. The number of likely N-dealkylation sites (tertiary alicyclic amines) is 1. The van der Waals surface area contributed by atoms with E-state index in [-0.39, 0.29) is 17.4 Å². The molecule has 0 N–H and O–H groups in total. The zero-order valence-electron chi connectivity index (χ0n) is 11.5. The largest absolute Gasteiger partial charge is 0.292 e. The Kier molecular flexibility index (Phi) is 3.99. The Balaban J connectivity index is 2.19. The summed E-state index contributed by atoms with van der Waals surface area (Å²) < 4.78 is 26.5. The molecule has 1 aromatic carbocycles. The van der Waals surface area contributed by atoms with Crippen molar-refractivity contribution in [1.82, 2.24) is 4.90 Å². The predicted molar refractivity (Wildman–Crippen MR) is 70.1 cm³/mol. The van der Waals surface area contributed by atoms with Crippen LogP contribution in [-0.4, -0.2) is 29.3 Å². The Morgan fingerprint density at radius 3 is 2.58 bits per heavy atom. The lowest BCUT2D eigenvalue weighted by molar-refractivity contribution is 0.0822. The SMILES string of the molecule is CC1CC(C)N(C(C)C(=O)c2ccc(F)cc2F)C1. The van der Waals surface area contributed by atoms with Gasteiger partial charge in [0.2, 0.25) is 0 Å². The van der Waals surface area contributed by atoms with Crippen LogP contribution >= 0.6 is 0 Å². The molecular formula is C15H19F2NO. The van der Waals surface area contributed by atoms with Gasteiger partial charge in [-0.15, -0.1) is 0 Å². The number of halogens is 2. The van der Waals surface area contributed by atoms with E-state index >= 15 is 0 Å². The maximum absolute atomic E-state index is 13.6. The molecule has 1 fully saturated rings. The summed E-state index contributed by atoms with van der Waals surface area (Å²) in [6.45, 7) is 6.86. The quantitative estimate of drug-likeness (QED) is 0.783. The fourth-order valence-electron chi connectivity index (χ4n) is 2.94. The fourth-order valence-corrected chi connectivity index (χ4v) is 2.94. The molecule has 0 saturated carbocycles. The second-order valence-corrected chi connectivity index (χ2v) is 5.55. The molecule has 0 bridgehead atoms. The predicted octanol–water partition coefficient (Wildman–Crippen LogP) is 3.27. The first kappa shape index (κ1) is 14.1. The first-order chi connectivity index (χ1) is 8.90. The number of nitrogens with zero attached hydrogens (tertiary/aromatic N) is 1. The molecule has 0 spiro atoms. The summed E-state index contributed by atoms with van der Waals surface area (Å²) in [5.41, 5.74) is -0.0272. The number of hydrogen-bond donors (Lipinski definition) is 0. The summed E-state index contributed by atoms with van der Waals surface area (Å²) in [4.78, 5) is 14.4. The number of hydrogen-bond acceptors (Lipinski definition) is 2. The molecule has 3 atom stereocenters. The Bertz CT molecular complexity index is 489. The average Bonchev–Trinajstić information content (AvgIpc) is 2.67. The number of ketones is 1. The minimum Gasteiger partial charge on any atom is -0.292 e. The molecule has 1 aliphatic heterocycles. The summed E-state index contributed by atoms with van der Waals surface area (Å²) in [5.74, 6) is -1.18. The number of rotatable bonds is 3. The van der Waals surface area contributed by atoms with Crippen LogP contribution in [0.3, 0.4) is 0 Å². The van der Waals surface area contributed by atoms with Crippen LogP contribution in [-0.2, 0) is 0 Å². The molecule has 1 saturated heterocycles. The Morgan fingerprint density at radius 2 is 2.05 bits per heavy atom. The van der Waals surface area contributed by atoms with Crippen molar-refractivity contribution in [2.45, 2.75) is 39.3 Å². The van der Waals surface area contributed by atoms with Crippen molar-refractivity contribution in [2.75, 3.05) is 6.54 Å². The summed E-state index contributed by atoms with van der Waals surface area (Å²) in [6, 6.07) is 3.06. The number of Topliss-reactive ketones (excluding diaryl/α,β-unsaturated/α-hetero) is 1. The van der Waals surface area contributed by atoms with E-state index in [2.05, 4.69) is 18.7 Å². The van der Waals surface area contributed by atoms with Crippen LogP contribution in [0.15, 0.2) is 18.2 Å². The second kappa shape index (κ2) is 5.37. The van der Waals surface area contributed by atoms with E-state index in [0.717, 1.165) is 25.1 Å². The number of benzene rings is 1. The van der Waals surface area contributed by atoms with Gasteiger partial charge in [-0.2, -0.15) is 0 Å². The first-order valence-corrected chi connectivity index (χ1v) is 6.65. The van der Waals surface area contributed by atoms with Crippen LogP contribution in [0.5, 0.6) is 0 Å². The highest BCUT2D eigenvalue weighted by Gasteiger charge is 2.33. The van der Waals surface area contributed by atoms with Crippen LogP contribution in [0.4, 0.5) is 8.78 Å². The minimum atomic E-state index is -0.781. The van der Waals surface area contributed by atoms with E-state index in [0.29, 0.717) is 12.0 Å². The molecule has 19 heavy (non-hydrogen) atoms. The zero-order valence-corrected chi connectivity index (χ0v) is 11.5. The molecule has 1 heterocycles. The standard InChI is InChI=1S/C15H19F2NO/c1-9-6-10(2)18(8-9)11(3)15(19)13-5-4-12(16)7-14(13)17/h4-5,7,9-11H,6,8H2,1-3H3. The van der Waals surface area contributed by atoms with E-state index in [9.17, 15) is 13.6 Å². The van der Waals surface area contributed by atoms with Gasteiger partial charge in [-0.3, -0.25) is 9.69 Å². The summed E-state index contributed by atoms with van der Waals surface area (Å²) in [5, 5.41) is 0. The normalized spacial score (nSPS) is 25.5. The van der Waals surface area contributed by atoms with Gasteiger partial charge < -0.3 is 0 Å². The topological polar surface area (TPSA) is 20.3 Å². The lowest BCUT2D eigenvalue weighted by Crippen LogP contribution is -2.41. The van der Waals surface area contributed by atoms with Gasteiger partial charge in [0, 0.05) is 18.7 Å². The van der Waals surface area contributed by atoms with Gasteiger partial charge in [0.05, 0.1) is 11.6 Å². The molecule has 1 aromatic rings. The van der Waals surface area contributed by atoms with Crippen molar-refractivity contribution >= 4 is 5.78 Å². The van der Waals surface area contributed by atoms with E-state index in [1.165, 1.54) is 6.07 Å². The van der Waals surface area contributed by atoms with Gasteiger partial charge in [-0.05, 0) is 38.3 Å². The van der Waals surface area contributed by atoms with Crippen molar-refractivity contribution in [3.63, 3.8) is 0 Å². The van der Waals surface area contributed by atoms with Crippen molar-refractivity contribution in [3.05, 3.63) is 35.4 Å². The molecule has 1 aliphatic rings. The van der Waals surface area contributed by atoms with Crippen molar-refractivity contribution in [2.24, 2.45) is 5.92 Å². The maximum Gasteiger partial charge on any atom is 0.182 e. The third kappa shape index (κ3) is 2.84. The summed E-state index contributed by atoms with van der Waals surface area (Å²) in [7, 11) is 0. The lowest BCUT2D eigenvalue weighted by Gasteiger charge is -2.27. The number of carbonyl (C=O) groups excluding carboxylic acids is 1. The third-order valence-corrected chi connectivity index (χ3v) is 3.91. The first-order valence-electron chi connectivity index (χ1n) is 6.65. The molecular weight excluding hydrogens is 248 g/mol. The lowest BCUT2D eigenvalue weighted by atomic mass is 10.0. The minimum absolute atomic E-state index is 0.0272. The molecule has 0 radical (unpaired) electrons. The molecule has 3 unspecified atom stereocenters. The van der Waals surface area contributed by atoms with Gasteiger partial charge in [-0.25, -0.2) is 8.78 Å². The van der Waals surface area contributed by atoms with Gasteiger partial charge in [0.1, 0.15) is 11.6 Å². The summed E-state index contributed by atoms with van der Waals surface area (Å²) >= 11 is 0. The molecule has 0 aromatic heterocycles. The van der Waals surface area contributed by atoms with E-state index in [1.54, 1.807) is 6.92 Å². The van der Waals surface area contributed by atoms with Crippen LogP contribution in [0.2, 0.25) is 0 Å². The monoisotopic (exact) mass is 267 g/mol. The molecule has 104 valence electrons. The Morgan fingerprint density at radius 1 is 1.37 bits per heavy atom. The molecule has 2 nitrogen and oxygen atoms in total. The van der Waals surface area contributed by atoms with Crippen molar-refractivity contribution in [3.8, 4) is 0 Å². The Hall–Kier alpha value is -1.29. The second-order valence-electron chi connectivity index (χ2n) is 5.55. The smallest absolute Gasteiger partial charge is 0.182 e. The Labute approximate surface area is 112 Å². The highest BCUT2D eigenvalue weighted by Crippen LogP contribution is 2.26. The van der Waals surface area contributed by atoms with E-state index in [1.807, 2.05) is 0 Å². The summed E-state index contributed by atoms with van der Waals surface area (Å²) in [6.07, 6.45) is 1.05. The van der Waals surface area contributed by atoms with Crippen molar-refractivity contribution in [1.29, 1.82) is 0 Å². The average molecular weight is 267 g/mol. The van der Waals surface area contributed by atoms with Gasteiger partial charge in [0.25, 0.3) is 0 Å². The van der Waals surface area contributed by atoms with Gasteiger partial charge >= 0.3 is 0 Å². The highest BCUT2D eigenvalue weighted by molar-refractivity contribution is 6.00. The molecule has 4 heteroatoms. The van der Waals surface area contributed by atoms with E-state index < -0.39 is 11.6 Å². The maximum atomic E-state index is 13.6. The van der Waals surface area contributed by atoms with Gasteiger partial charge in [0.15, 0.2) is 5.78 Å². The molecule has 0 aliphatic carbocycles. The van der Waals surface area contributed by atoms with Crippen LogP contribution in [0.1, 0.15) is 37.6 Å². The highest BCUT2D eigenvalue weighted by atomic mass is 19.1. The van der Waals surface area contributed by atoms with E-state index in [4.69, 9.17) is 0 Å². The molecule has 0 amide bonds. The zero-order chi connectivity index (χ0) is 14.2.